The van der Waals surface area contributed by atoms with Crippen molar-refractivity contribution in [2.24, 2.45) is 0 Å². The Kier molecular flexibility index (Phi) is 6.88. The molecule has 0 aromatic heterocycles. The third kappa shape index (κ3) is 5.39. The number of aromatic hydroxyl groups is 1. The van der Waals surface area contributed by atoms with Gasteiger partial charge in [0.25, 0.3) is 0 Å². The number of carbonyl (C=O) groups is 2. The maximum Gasteiger partial charge on any atom is 0.163 e. The van der Waals surface area contributed by atoms with Gasteiger partial charge in [0.05, 0.1) is 13.5 Å². The predicted octanol–water partition coefficient (Wildman–Crippen LogP) is 4.87. The highest BCUT2D eigenvalue weighted by atomic mass is 16.5. The van der Waals surface area contributed by atoms with E-state index in [1.807, 2.05) is 44.4 Å². The minimum absolute atomic E-state index is 0.0105. The van der Waals surface area contributed by atoms with Gasteiger partial charge in [-0.05, 0) is 46.9 Å². The zero-order valence-corrected chi connectivity index (χ0v) is 17.8. The van der Waals surface area contributed by atoms with Gasteiger partial charge in [-0.3, -0.25) is 9.59 Å². The molecule has 0 radical (unpaired) electrons. The van der Waals surface area contributed by atoms with Gasteiger partial charge in [-0.15, -0.1) is 0 Å². The summed E-state index contributed by atoms with van der Waals surface area (Å²) in [4.78, 5) is 26.5. The van der Waals surface area contributed by atoms with Gasteiger partial charge < -0.3 is 14.7 Å². The van der Waals surface area contributed by atoms with E-state index in [0.29, 0.717) is 11.3 Å². The summed E-state index contributed by atoms with van der Waals surface area (Å²) in [5.41, 5.74) is 2.66. The number of hydrogen-bond donors (Lipinski definition) is 1. The first-order valence-electron chi connectivity index (χ1n) is 9.87. The number of fused-ring (bicyclic) bond motifs is 1. The quantitative estimate of drug-likeness (QED) is 0.420. The summed E-state index contributed by atoms with van der Waals surface area (Å²) in [7, 11) is 5.45. The van der Waals surface area contributed by atoms with Crippen LogP contribution in [0.5, 0.6) is 11.5 Å². The molecule has 0 aliphatic rings. The Balaban J connectivity index is 1.69. The normalized spacial score (nSPS) is 11.3. The molecule has 158 valence electrons. The lowest BCUT2D eigenvalue weighted by atomic mass is 10.0. The van der Waals surface area contributed by atoms with E-state index in [-0.39, 0.29) is 23.7 Å². The number of rotatable bonds is 8. The van der Waals surface area contributed by atoms with Crippen molar-refractivity contribution in [1.29, 1.82) is 0 Å². The molecule has 0 fully saturated rings. The minimum atomic E-state index is -0.308. The molecule has 3 rings (SSSR count). The summed E-state index contributed by atoms with van der Waals surface area (Å²) in [6.45, 7) is 0. The van der Waals surface area contributed by atoms with E-state index < -0.39 is 0 Å². The molecule has 31 heavy (non-hydrogen) atoms. The number of ketones is 2. The van der Waals surface area contributed by atoms with Crippen molar-refractivity contribution in [3.8, 4) is 11.5 Å². The van der Waals surface area contributed by atoms with Gasteiger partial charge in [0, 0.05) is 25.2 Å². The van der Waals surface area contributed by atoms with E-state index >= 15 is 0 Å². The third-order valence-corrected chi connectivity index (χ3v) is 4.88. The average molecular weight is 415 g/mol. The average Bonchev–Trinajstić information content (AvgIpc) is 2.76. The molecule has 1 N–H and O–H groups in total. The molecule has 3 aromatic rings. The zero-order valence-electron chi connectivity index (χ0n) is 17.8. The summed E-state index contributed by atoms with van der Waals surface area (Å²) in [5, 5.41) is 11.9. The highest BCUT2D eigenvalue weighted by Gasteiger charge is 2.08. The Labute approximate surface area is 181 Å². The lowest BCUT2D eigenvalue weighted by Gasteiger charge is -2.16. The monoisotopic (exact) mass is 415 g/mol. The third-order valence-electron chi connectivity index (χ3n) is 4.88. The van der Waals surface area contributed by atoms with Crippen molar-refractivity contribution in [2.75, 3.05) is 26.1 Å². The fourth-order valence-corrected chi connectivity index (χ4v) is 3.31. The van der Waals surface area contributed by atoms with Crippen LogP contribution in [0.4, 0.5) is 5.69 Å². The second-order valence-corrected chi connectivity index (χ2v) is 7.32. The standard InChI is InChI=1S/C26H25NO4/c1-27(2)24-14-11-19(22-6-4-5-7-23(22)24)10-13-21(29)17-20(28)12-8-18-9-15-26(31-3)25(30)16-18/h4-16,30H,17H2,1-3H3/b12-8+,13-10+. The maximum atomic E-state index is 12.3. The maximum absolute atomic E-state index is 12.3. The van der Waals surface area contributed by atoms with Gasteiger partial charge in [-0.25, -0.2) is 0 Å². The molecule has 0 atom stereocenters. The molecule has 0 bridgehead atoms. The van der Waals surface area contributed by atoms with Gasteiger partial charge >= 0.3 is 0 Å². The van der Waals surface area contributed by atoms with Crippen molar-refractivity contribution in [1.82, 2.24) is 0 Å². The molecule has 0 spiro atoms. The molecule has 0 saturated carbocycles. The number of phenolic OH excluding ortho intramolecular Hbond substituents is 1. The van der Waals surface area contributed by atoms with Crippen LogP contribution in [-0.4, -0.2) is 37.9 Å². The smallest absolute Gasteiger partial charge is 0.163 e. The summed E-state index contributed by atoms with van der Waals surface area (Å²) < 4.78 is 4.99. The number of allylic oxidation sites excluding steroid dienone is 2. The van der Waals surface area contributed by atoms with Crippen LogP contribution in [0.2, 0.25) is 0 Å². The van der Waals surface area contributed by atoms with Gasteiger partial charge in [-0.2, -0.15) is 0 Å². The molecule has 0 aliphatic heterocycles. The number of anilines is 1. The number of carbonyl (C=O) groups excluding carboxylic acids is 2. The van der Waals surface area contributed by atoms with Gasteiger partial charge in [-0.1, -0.05) is 48.6 Å². The molecular weight excluding hydrogens is 390 g/mol. The van der Waals surface area contributed by atoms with Crippen molar-refractivity contribution < 1.29 is 19.4 Å². The van der Waals surface area contributed by atoms with Crippen molar-refractivity contribution in [3.05, 3.63) is 77.9 Å². The lowest BCUT2D eigenvalue weighted by molar-refractivity contribution is -0.121. The Morgan fingerprint density at radius 2 is 1.61 bits per heavy atom. The number of ether oxygens (including phenoxy) is 1. The fraction of sp³-hybridized carbons (Fsp3) is 0.154. The largest absolute Gasteiger partial charge is 0.504 e. The van der Waals surface area contributed by atoms with Crippen LogP contribution in [0, 0.1) is 0 Å². The molecule has 0 aliphatic carbocycles. The van der Waals surface area contributed by atoms with Crippen LogP contribution in [0.25, 0.3) is 22.9 Å². The number of benzene rings is 3. The van der Waals surface area contributed by atoms with Gasteiger partial charge in [0.1, 0.15) is 0 Å². The lowest BCUT2D eigenvalue weighted by Crippen LogP contribution is -2.09. The second-order valence-electron chi connectivity index (χ2n) is 7.32. The van der Waals surface area contributed by atoms with Crippen LogP contribution in [0.3, 0.4) is 0 Å². The summed E-state index contributed by atoms with van der Waals surface area (Å²) >= 11 is 0. The Hall–Kier alpha value is -3.86. The van der Waals surface area contributed by atoms with Crippen LogP contribution in [0.1, 0.15) is 17.5 Å². The molecule has 0 unspecified atom stereocenters. The SMILES string of the molecule is COc1ccc(/C=C/C(=O)CC(=O)/C=C/c2ccc(N(C)C)c3ccccc23)cc1O. The first-order valence-corrected chi connectivity index (χ1v) is 9.87. The molecule has 0 amide bonds. The van der Waals surface area contributed by atoms with Crippen LogP contribution in [-0.2, 0) is 9.59 Å². The van der Waals surface area contributed by atoms with Crippen molar-refractivity contribution in [3.63, 3.8) is 0 Å². The molecule has 5 heteroatoms. The van der Waals surface area contributed by atoms with Gasteiger partial charge in [0.2, 0.25) is 0 Å². The molecular formula is C26H25NO4. The van der Waals surface area contributed by atoms with Crippen molar-refractivity contribution in [2.45, 2.75) is 6.42 Å². The topological polar surface area (TPSA) is 66.8 Å². The zero-order chi connectivity index (χ0) is 22.4. The van der Waals surface area contributed by atoms with Crippen LogP contribution < -0.4 is 9.64 Å². The van der Waals surface area contributed by atoms with E-state index in [1.165, 1.54) is 25.3 Å². The molecule has 5 nitrogen and oxygen atoms in total. The number of nitrogens with zero attached hydrogens (tertiary/aromatic N) is 1. The van der Waals surface area contributed by atoms with E-state index in [2.05, 4.69) is 11.0 Å². The first kappa shape index (κ1) is 21.8. The molecule has 0 heterocycles. The van der Waals surface area contributed by atoms with Crippen molar-refractivity contribution >= 4 is 40.2 Å². The van der Waals surface area contributed by atoms with E-state index in [0.717, 1.165) is 22.0 Å². The summed E-state index contributed by atoms with van der Waals surface area (Å²) in [6, 6.07) is 16.8. The molecule has 3 aromatic carbocycles. The number of phenols is 1. The minimum Gasteiger partial charge on any atom is -0.504 e. The van der Waals surface area contributed by atoms with E-state index in [1.54, 1.807) is 24.3 Å². The Bertz CT molecular complexity index is 1180. The van der Waals surface area contributed by atoms with Crippen LogP contribution in [0.15, 0.2) is 66.7 Å². The summed E-state index contributed by atoms with van der Waals surface area (Å²) in [6.07, 6.45) is 5.88. The Morgan fingerprint density at radius 3 is 2.26 bits per heavy atom. The second kappa shape index (κ2) is 9.76. The summed E-state index contributed by atoms with van der Waals surface area (Å²) in [5.74, 6) is -0.232. The predicted molar refractivity (Wildman–Crippen MR) is 126 cm³/mol. The number of methoxy groups -OCH3 is 1. The van der Waals surface area contributed by atoms with Gasteiger partial charge in [0.15, 0.2) is 23.1 Å². The Morgan fingerprint density at radius 1 is 0.935 bits per heavy atom. The van der Waals surface area contributed by atoms with E-state index in [4.69, 9.17) is 4.74 Å². The highest BCUT2D eigenvalue weighted by Crippen LogP contribution is 2.29. The fourth-order valence-electron chi connectivity index (χ4n) is 3.31. The van der Waals surface area contributed by atoms with Crippen LogP contribution >= 0.6 is 0 Å². The van der Waals surface area contributed by atoms with E-state index in [9.17, 15) is 14.7 Å². The first-order chi connectivity index (χ1) is 14.9. The highest BCUT2D eigenvalue weighted by molar-refractivity contribution is 6.11. The molecule has 0 saturated heterocycles. The number of hydrogen-bond acceptors (Lipinski definition) is 5.